The largest absolute Gasteiger partial charge is 0.493 e. The number of rotatable bonds is 8. The van der Waals surface area contributed by atoms with Gasteiger partial charge in [0.1, 0.15) is 18.2 Å². The summed E-state index contributed by atoms with van der Waals surface area (Å²) < 4.78 is 37.5. The molecule has 0 aliphatic carbocycles. The number of benzene rings is 1. The highest BCUT2D eigenvalue weighted by Crippen LogP contribution is 2.38. The molecule has 13 heteroatoms. The van der Waals surface area contributed by atoms with E-state index in [4.69, 9.17) is 15.2 Å². The number of amides is 2. The summed E-state index contributed by atoms with van der Waals surface area (Å²) in [4.78, 5) is 37.0. The zero-order valence-corrected chi connectivity index (χ0v) is 23.1. The van der Waals surface area contributed by atoms with Crippen LogP contribution in [0, 0.1) is 0 Å². The van der Waals surface area contributed by atoms with Gasteiger partial charge in [0.05, 0.1) is 35.8 Å². The number of carbonyl (C=O) groups is 2. The van der Waals surface area contributed by atoms with Crippen molar-refractivity contribution in [1.29, 1.82) is 0 Å². The highest BCUT2D eigenvalue weighted by atomic mass is 32.2. The fourth-order valence-corrected chi connectivity index (χ4v) is 6.50. The second-order valence-corrected chi connectivity index (χ2v) is 11.3. The maximum Gasteiger partial charge on any atom is 0.404 e. The van der Waals surface area contributed by atoms with Crippen LogP contribution in [0.25, 0.3) is 0 Å². The van der Waals surface area contributed by atoms with E-state index in [1.54, 1.807) is 48.6 Å². The smallest absolute Gasteiger partial charge is 0.404 e. The second-order valence-electron chi connectivity index (χ2n) is 9.33. The molecule has 2 aliphatic heterocycles. The monoisotopic (exact) mass is 566 g/mol. The van der Waals surface area contributed by atoms with Gasteiger partial charge in [-0.05, 0) is 49.2 Å². The topological polar surface area (TPSA) is 148 Å². The van der Waals surface area contributed by atoms with E-state index in [9.17, 15) is 18.0 Å². The molecule has 0 fully saturated rings. The maximum absolute atomic E-state index is 13.4. The zero-order valence-electron chi connectivity index (χ0n) is 22.2. The lowest BCUT2D eigenvalue weighted by molar-refractivity contribution is 0.0993. The third-order valence-electron chi connectivity index (χ3n) is 6.92. The number of anilines is 4. The van der Waals surface area contributed by atoms with Crippen LogP contribution in [0.4, 0.5) is 27.8 Å². The van der Waals surface area contributed by atoms with Crippen molar-refractivity contribution in [2.24, 2.45) is 5.73 Å². The number of pyridine rings is 2. The molecule has 210 valence electrons. The van der Waals surface area contributed by atoms with E-state index in [-0.39, 0.29) is 31.4 Å². The number of fused-ring (bicyclic) bond motifs is 3. The average molecular weight is 567 g/mol. The summed E-state index contributed by atoms with van der Waals surface area (Å²) in [5, 5.41) is 0. The molecule has 40 heavy (non-hydrogen) atoms. The van der Waals surface area contributed by atoms with Crippen LogP contribution in [0.5, 0.6) is 5.75 Å². The molecule has 0 atom stereocenters. The fourth-order valence-electron chi connectivity index (χ4n) is 4.99. The number of aromatic nitrogens is 2. The van der Waals surface area contributed by atoms with Gasteiger partial charge in [-0.25, -0.2) is 23.2 Å². The molecule has 2 amide bonds. The third-order valence-corrected chi connectivity index (χ3v) is 8.69. The summed E-state index contributed by atoms with van der Waals surface area (Å²) >= 11 is 0. The normalized spacial score (nSPS) is 15.6. The Kier molecular flexibility index (Phi) is 7.48. The van der Waals surface area contributed by atoms with E-state index < -0.39 is 16.1 Å². The number of ether oxygens (including phenoxy) is 2. The lowest BCUT2D eigenvalue weighted by Crippen LogP contribution is -2.40. The van der Waals surface area contributed by atoms with Crippen molar-refractivity contribution in [3.05, 3.63) is 65.5 Å². The summed E-state index contributed by atoms with van der Waals surface area (Å²) in [7, 11) is -1.84. The Morgan fingerprint density at radius 1 is 1.10 bits per heavy atom. The van der Waals surface area contributed by atoms with Gasteiger partial charge in [0.25, 0.3) is 5.91 Å². The second kappa shape index (κ2) is 11.0. The van der Waals surface area contributed by atoms with E-state index in [0.717, 1.165) is 11.1 Å². The number of carbonyl (C=O) groups excluding carboxylic acids is 2. The van der Waals surface area contributed by atoms with Crippen LogP contribution >= 0.6 is 0 Å². The standard InChI is InChI=1S/C27H30N6O6S/c1-3-32-24-20(26(34)31(2)22-7-5-11-29-25(22)32)16-18(17-30-24)9-13-38-23-8-4-6-21-19(23)10-15-40(36,37)33(21)12-14-39-27(28)35/h4-8,11,16-17H,3,9-10,12-15H2,1-2H3,(H2,28,35). The predicted octanol–water partition coefficient (Wildman–Crippen LogP) is 2.63. The fraction of sp³-hybridized carbons (Fsp3) is 0.333. The molecule has 3 aromatic rings. The van der Waals surface area contributed by atoms with Crippen molar-refractivity contribution in [1.82, 2.24) is 9.97 Å². The van der Waals surface area contributed by atoms with Crippen molar-refractivity contribution < 1.29 is 27.5 Å². The van der Waals surface area contributed by atoms with Gasteiger partial charge in [0.15, 0.2) is 5.82 Å². The van der Waals surface area contributed by atoms with Crippen LogP contribution < -0.4 is 24.6 Å². The first-order valence-corrected chi connectivity index (χ1v) is 14.5. The van der Waals surface area contributed by atoms with Gasteiger partial charge in [0.2, 0.25) is 10.0 Å². The molecule has 2 N–H and O–H groups in total. The van der Waals surface area contributed by atoms with Crippen LogP contribution in [0.3, 0.4) is 0 Å². The Hall–Kier alpha value is -4.39. The van der Waals surface area contributed by atoms with E-state index in [2.05, 4.69) is 9.97 Å². The van der Waals surface area contributed by atoms with E-state index >= 15 is 0 Å². The Labute approximate surface area is 232 Å². The summed E-state index contributed by atoms with van der Waals surface area (Å²) in [5.74, 6) is 1.54. The SMILES string of the molecule is CCN1c2ncc(CCOc3cccc4c3CCS(=O)(=O)N4CCOC(N)=O)cc2C(=O)N(C)c2cccnc21. The van der Waals surface area contributed by atoms with Gasteiger partial charge in [0, 0.05) is 38.0 Å². The molecular weight excluding hydrogens is 536 g/mol. The minimum absolute atomic E-state index is 0.0425. The zero-order chi connectivity index (χ0) is 28.4. The summed E-state index contributed by atoms with van der Waals surface area (Å²) in [5.41, 5.74) is 8.28. The quantitative estimate of drug-likeness (QED) is 0.434. The molecule has 0 saturated carbocycles. The van der Waals surface area contributed by atoms with Crippen LogP contribution in [-0.4, -0.2) is 69.5 Å². The van der Waals surface area contributed by atoms with E-state index in [0.29, 0.717) is 53.7 Å². The number of sulfonamides is 1. The number of primary amides is 1. The predicted molar refractivity (Wildman–Crippen MR) is 150 cm³/mol. The molecule has 0 bridgehead atoms. The van der Waals surface area contributed by atoms with Gasteiger partial charge >= 0.3 is 6.09 Å². The van der Waals surface area contributed by atoms with Crippen LogP contribution in [0.15, 0.2) is 48.8 Å². The van der Waals surface area contributed by atoms with E-state index in [1.165, 1.54) is 4.31 Å². The Morgan fingerprint density at radius 3 is 2.67 bits per heavy atom. The van der Waals surface area contributed by atoms with Crippen molar-refractivity contribution in [3.8, 4) is 5.75 Å². The molecule has 1 aromatic carbocycles. The first-order valence-electron chi connectivity index (χ1n) is 12.9. The molecule has 5 rings (SSSR count). The lowest BCUT2D eigenvalue weighted by Gasteiger charge is -2.31. The highest BCUT2D eigenvalue weighted by molar-refractivity contribution is 7.92. The molecule has 0 unspecified atom stereocenters. The molecule has 4 heterocycles. The van der Waals surface area contributed by atoms with Gasteiger partial charge in [-0.15, -0.1) is 0 Å². The molecule has 2 aromatic heterocycles. The molecule has 0 saturated heterocycles. The minimum Gasteiger partial charge on any atom is -0.493 e. The maximum atomic E-state index is 13.4. The van der Waals surface area contributed by atoms with Crippen molar-refractivity contribution in [2.75, 3.05) is 53.2 Å². The highest BCUT2D eigenvalue weighted by Gasteiger charge is 2.32. The number of hydrogen-bond donors (Lipinski definition) is 1. The van der Waals surface area contributed by atoms with Crippen molar-refractivity contribution in [3.63, 3.8) is 0 Å². The molecule has 2 aliphatic rings. The number of nitrogens with zero attached hydrogens (tertiary/aromatic N) is 5. The van der Waals surface area contributed by atoms with Crippen LogP contribution in [0.2, 0.25) is 0 Å². The van der Waals surface area contributed by atoms with Crippen LogP contribution in [-0.2, 0) is 27.6 Å². The number of nitrogens with two attached hydrogens (primary N) is 1. The van der Waals surface area contributed by atoms with Crippen LogP contribution in [0.1, 0.15) is 28.4 Å². The Balaban J connectivity index is 1.34. The summed E-state index contributed by atoms with van der Waals surface area (Å²) in [6.45, 7) is 2.67. The van der Waals surface area contributed by atoms with Gasteiger partial charge in [-0.1, -0.05) is 6.07 Å². The van der Waals surface area contributed by atoms with Gasteiger partial charge in [-0.3, -0.25) is 9.10 Å². The Bertz CT molecular complexity index is 1560. The van der Waals surface area contributed by atoms with Crippen molar-refractivity contribution >= 4 is 45.0 Å². The summed E-state index contributed by atoms with van der Waals surface area (Å²) in [6, 6.07) is 10.7. The van der Waals surface area contributed by atoms with Gasteiger partial charge in [-0.2, -0.15) is 0 Å². The van der Waals surface area contributed by atoms with Gasteiger partial charge < -0.3 is 25.0 Å². The first kappa shape index (κ1) is 27.2. The summed E-state index contributed by atoms with van der Waals surface area (Å²) in [6.07, 6.45) is 3.24. The number of hydrogen-bond acceptors (Lipinski definition) is 9. The third kappa shape index (κ3) is 5.11. The molecule has 0 radical (unpaired) electrons. The lowest BCUT2D eigenvalue weighted by atomic mass is 10.1. The molecule has 12 nitrogen and oxygen atoms in total. The molecule has 0 spiro atoms. The van der Waals surface area contributed by atoms with E-state index in [1.807, 2.05) is 24.0 Å². The first-order chi connectivity index (χ1) is 19.2. The molecular formula is C27H30N6O6S. The minimum atomic E-state index is -3.57. The Morgan fingerprint density at radius 2 is 1.90 bits per heavy atom. The average Bonchev–Trinajstić information content (AvgIpc) is 3.02. The van der Waals surface area contributed by atoms with Crippen molar-refractivity contribution in [2.45, 2.75) is 19.8 Å².